The van der Waals surface area contributed by atoms with Crippen LogP contribution in [0.5, 0.6) is 0 Å². The number of aliphatic hydroxyl groups is 3. The van der Waals surface area contributed by atoms with Crippen LogP contribution >= 0.6 is 11.3 Å². The predicted octanol–water partition coefficient (Wildman–Crippen LogP) is 2.02. The van der Waals surface area contributed by atoms with Gasteiger partial charge in [0.05, 0.1) is 40.2 Å². The van der Waals surface area contributed by atoms with Crippen LogP contribution in [0.4, 0.5) is 11.8 Å². The first-order valence-corrected chi connectivity index (χ1v) is 11.6. The molecule has 0 amide bonds. The number of fused-ring (bicyclic) bond motifs is 1. The second kappa shape index (κ2) is 10.1. The molecule has 2 heterocycles. The molecular weight excluding hydrogens is 430 g/mol. The van der Waals surface area contributed by atoms with E-state index in [-0.39, 0.29) is 12.5 Å². The Hall–Kier alpha value is -2.37. The summed E-state index contributed by atoms with van der Waals surface area (Å²) in [5, 5.41) is 37.5. The summed E-state index contributed by atoms with van der Waals surface area (Å²) < 4.78 is 6.43. The number of nitrogens with zero attached hydrogens (tertiary/aromatic N) is 3. The molecule has 1 aromatic carbocycles. The van der Waals surface area contributed by atoms with E-state index in [2.05, 4.69) is 20.6 Å². The third-order valence-corrected chi connectivity index (χ3v) is 6.74. The first-order valence-electron chi connectivity index (χ1n) is 10.8. The Balaban J connectivity index is 1.69. The van der Waals surface area contributed by atoms with Gasteiger partial charge in [-0.15, -0.1) is 11.3 Å². The molecule has 0 spiro atoms. The highest BCUT2D eigenvalue weighted by Crippen LogP contribution is 2.38. The number of rotatable bonds is 9. The number of thiazole rings is 1. The molecule has 1 unspecified atom stereocenters. The summed E-state index contributed by atoms with van der Waals surface area (Å²) in [5.41, 5.74) is 2.40. The van der Waals surface area contributed by atoms with Gasteiger partial charge in [0.1, 0.15) is 16.9 Å². The lowest BCUT2D eigenvalue weighted by atomic mass is 10.1. The monoisotopic (exact) mass is 459 g/mol. The van der Waals surface area contributed by atoms with Gasteiger partial charge >= 0.3 is 0 Å². The Morgan fingerprint density at radius 2 is 1.97 bits per heavy atom. The molecule has 4 rings (SSSR count). The molecule has 3 aromatic rings. The van der Waals surface area contributed by atoms with Crippen LogP contribution in [-0.4, -0.2) is 74.9 Å². The molecule has 10 heteroatoms. The zero-order valence-corrected chi connectivity index (χ0v) is 19.0. The van der Waals surface area contributed by atoms with Crippen molar-refractivity contribution in [2.24, 2.45) is 5.92 Å². The molecule has 0 aliphatic heterocycles. The fourth-order valence-corrected chi connectivity index (χ4v) is 5.06. The molecule has 172 valence electrons. The highest BCUT2D eigenvalue weighted by Gasteiger charge is 2.41. The number of benzene rings is 1. The second-order valence-electron chi connectivity index (χ2n) is 7.88. The Labute approximate surface area is 190 Å². The number of hydrogen-bond donors (Lipinski definition) is 5. The summed E-state index contributed by atoms with van der Waals surface area (Å²) in [7, 11) is 0. The maximum absolute atomic E-state index is 10.5. The number of aromatic nitrogens is 3. The molecule has 32 heavy (non-hydrogen) atoms. The smallest absolute Gasteiger partial charge is 0.224 e. The molecule has 1 aliphatic carbocycles. The van der Waals surface area contributed by atoms with Crippen LogP contribution in [-0.2, 0) is 4.74 Å². The average molecular weight is 460 g/mol. The van der Waals surface area contributed by atoms with Gasteiger partial charge in [0, 0.05) is 25.7 Å². The topological polar surface area (TPSA) is 133 Å². The molecule has 0 saturated heterocycles. The van der Waals surface area contributed by atoms with E-state index in [0.717, 1.165) is 26.5 Å². The molecule has 9 nitrogen and oxygen atoms in total. The summed E-state index contributed by atoms with van der Waals surface area (Å²) in [5.74, 6) is 0.590. The summed E-state index contributed by atoms with van der Waals surface area (Å²) in [6, 6.07) is 7.45. The number of ether oxygens (including phenoxy) is 1. The lowest BCUT2D eigenvalue weighted by Gasteiger charge is -2.21. The van der Waals surface area contributed by atoms with Gasteiger partial charge in [-0.1, -0.05) is 12.1 Å². The SMILES string of the molecule is CCOCCNc1nc(C)c(-c2nc3ccccc3s2)c(NC2C[C@@H](CO)[C@@H](O)[C@H]2O)n1. The molecular formula is C22H29N5O4S. The minimum Gasteiger partial charge on any atom is -0.396 e. The lowest BCUT2D eigenvalue weighted by molar-refractivity contribution is 0.00446. The molecule has 0 radical (unpaired) electrons. The molecule has 2 aromatic heterocycles. The van der Waals surface area contributed by atoms with Gasteiger partial charge in [-0.25, -0.2) is 9.97 Å². The molecule has 1 fully saturated rings. The number of para-hydroxylation sites is 1. The maximum Gasteiger partial charge on any atom is 0.224 e. The van der Waals surface area contributed by atoms with Crippen molar-refractivity contribution in [3.05, 3.63) is 30.0 Å². The third kappa shape index (κ3) is 4.69. The van der Waals surface area contributed by atoms with Crippen molar-refractivity contribution in [1.82, 2.24) is 15.0 Å². The predicted molar refractivity (Wildman–Crippen MR) is 125 cm³/mol. The van der Waals surface area contributed by atoms with E-state index in [0.29, 0.717) is 37.9 Å². The number of nitrogens with one attached hydrogen (secondary N) is 2. The summed E-state index contributed by atoms with van der Waals surface area (Å²) in [4.78, 5) is 14.1. The van der Waals surface area contributed by atoms with Crippen LogP contribution < -0.4 is 10.6 Å². The zero-order valence-electron chi connectivity index (χ0n) is 18.2. The van der Waals surface area contributed by atoms with Crippen LogP contribution in [0, 0.1) is 12.8 Å². The zero-order chi connectivity index (χ0) is 22.7. The quantitative estimate of drug-likeness (QED) is 0.305. The molecule has 0 bridgehead atoms. The Kier molecular flexibility index (Phi) is 7.17. The normalized spacial score (nSPS) is 23.0. The van der Waals surface area contributed by atoms with Crippen molar-refractivity contribution in [1.29, 1.82) is 0 Å². The van der Waals surface area contributed by atoms with Crippen LogP contribution in [0.2, 0.25) is 0 Å². The van der Waals surface area contributed by atoms with Crippen LogP contribution in [0.3, 0.4) is 0 Å². The maximum atomic E-state index is 10.5. The average Bonchev–Trinajstić information content (AvgIpc) is 3.32. The number of aryl methyl sites for hydroxylation is 1. The second-order valence-corrected chi connectivity index (χ2v) is 8.91. The highest BCUT2D eigenvalue weighted by atomic mass is 32.1. The van der Waals surface area contributed by atoms with Gasteiger partial charge in [-0.2, -0.15) is 4.98 Å². The molecule has 1 aliphatic rings. The van der Waals surface area contributed by atoms with E-state index in [9.17, 15) is 15.3 Å². The Bertz CT molecular complexity index is 1030. The largest absolute Gasteiger partial charge is 0.396 e. The van der Waals surface area contributed by atoms with Crippen molar-refractivity contribution in [2.75, 3.05) is 37.0 Å². The van der Waals surface area contributed by atoms with Gasteiger partial charge in [0.25, 0.3) is 0 Å². The molecule has 4 atom stereocenters. The summed E-state index contributed by atoms with van der Waals surface area (Å²) in [6.07, 6.45) is -1.58. The first-order chi connectivity index (χ1) is 15.5. The van der Waals surface area contributed by atoms with Gasteiger partial charge in [-0.3, -0.25) is 0 Å². The fourth-order valence-electron chi connectivity index (χ4n) is 4.00. The highest BCUT2D eigenvalue weighted by molar-refractivity contribution is 7.21. The first kappa shape index (κ1) is 22.8. The van der Waals surface area contributed by atoms with Crippen molar-refractivity contribution >= 4 is 33.3 Å². The van der Waals surface area contributed by atoms with Crippen molar-refractivity contribution < 1.29 is 20.1 Å². The van der Waals surface area contributed by atoms with E-state index >= 15 is 0 Å². The number of anilines is 2. The van der Waals surface area contributed by atoms with E-state index in [1.54, 1.807) is 11.3 Å². The molecule has 5 N–H and O–H groups in total. The minimum absolute atomic E-state index is 0.186. The summed E-state index contributed by atoms with van der Waals surface area (Å²) in [6.45, 7) is 5.39. The number of hydrogen-bond acceptors (Lipinski definition) is 10. The standard InChI is InChI=1S/C22H29N5O4S/c1-3-31-9-8-23-22-24-12(2)17(21-26-14-6-4-5-7-16(14)32-21)20(27-22)25-15-10-13(11-28)18(29)19(15)30/h4-7,13,15,18-19,28-30H,3,8-11H2,1-2H3,(H2,23,24,25,27)/t13-,15?,18+,19-/m0/s1. The minimum atomic E-state index is -1.01. The van der Waals surface area contributed by atoms with Gasteiger partial charge in [0.15, 0.2) is 0 Å². The van der Waals surface area contributed by atoms with Gasteiger partial charge in [0.2, 0.25) is 5.95 Å². The number of aliphatic hydroxyl groups excluding tert-OH is 3. The van der Waals surface area contributed by atoms with Crippen LogP contribution in [0.15, 0.2) is 24.3 Å². The Morgan fingerprint density at radius 1 is 1.16 bits per heavy atom. The van der Waals surface area contributed by atoms with Gasteiger partial charge in [-0.05, 0) is 32.4 Å². The van der Waals surface area contributed by atoms with E-state index in [1.807, 2.05) is 38.1 Å². The third-order valence-electron chi connectivity index (χ3n) is 5.69. The van der Waals surface area contributed by atoms with Crippen molar-refractivity contribution in [3.63, 3.8) is 0 Å². The van der Waals surface area contributed by atoms with E-state index < -0.39 is 18.2 Å². The van der Waals surface area contributed by atoms with Crippen LogP contribution in [0.1, 0.15) is 19.0 Å². The van der Waals surface area contributed by atoms with Gasteiger partial charge < -0.3 is 30.7 Å². The van der Waals surface area contributed by atoms with Crippen LogP contribution in [0.25, 0.3) is 20.8 Å². The molecule has 1 saturated carbocycles. The van der Waals surface area contributed by atoms with E-state index in [1.165, 1.54) is 0 Å². The lowest BCUT2D eigenvalue weighted by Crippen LogP contribution is -2.35. The van der Waals surface area contributed by atoms with E-state index in [4.69, 9.17) is 9.72 Å². The fraction of sp³-hybridized carbons (Fsp3) is 0.500. The Morgan fingerprint density at radius 3 is 2.69 bits per heavy atom. The summed E-state index contributed by atoms with van der Waals surface area (Å²) >= 11 is 1.55. The van der Waals surface area contributed by atoms with Crippen molar-refractivity contribution in [2.45, 2.75) is 38.5 Å². The van der Waals surface area contributed by atoms with Crippen molar-refractivity contribution in [3.8, 4) is 10.6 Å².